The first-order valence-electron chi connectivity index (χ1n) is 7.97. The molecule has 0 bridgehead atoms. The van der Waals surface area contributed by atoms with Gasteiger partial charge in [0.15, 0.2) is 18.1 Å². The lowest BCUT2D eigenvalue weighted by atomic mass is 10.1. The summed E-state index contributed by atoms with van der Waals surface area (Å²) in [7, 11) is 0. The monoisotopic (exact) mass is 368 g/mol. The number of carboxylic acid groups (broad SMARTS) is 1. The normalized spacial score (nSPS) is 23.0. The van der Waals surface area contributed by atoms with Crippen LogP contribution in [-0.2, 0) is 6.54 Å². The zero-order valence-corrected chi connectivity index (χ0v) is 13.2. The first-order chi connectivity index (χ1) is 11.6. The van der Waals surface area contributed by atoms with E-state index in [0.29, 0.717) is 12.8 Å². The van der Waals surface area contributed by atoms with Crippen molar-refractivity contribution in [3.05, 3.63) is 11.4 Å². The molecule has 5 nitrogen and oxygen atoms in total. The van der Waals surface area contributed by atoms with Gasteiger partial charge in [-0.2, -0.15) is 18.3 Å². The molecule has 0 amide bonds. The lowest BCUT2D eigenvalue weighted by molar-refractivity contribution is -0.153. The highest BCUT2D eigenvalue weighted by Gasteiger charge is 2.42. The highest BCUT2D eigenvalue weighted by molar-refractivity contribution is 5.89. The van der Waals surface area contributed by atoms with E-state index in [2.05, 4.69) is 5.10 Å². The molecule has 2 saturated carbocycles. The van der Waals surface area contributed by atoms with Crippen molar-refractivity contribution < 1.29 is 36.6 Å². The number of hydrogen-bond donors (Lipinski definition) is 1. The number of nitrogens with zero attached hydrogens (tertiary/aromatic N) is 2. The Balaban J connectivity index is 1.88. The van der Waals surface area contributed by atoms with Crippen molar-refractivity contribution in [1.29, 1.82) is 0 Å². The van der Waals surface area contributed by atoms with Crippen molar-refractivity contribution in [1.82, 2.24) is 9.78 Å². The summed E-state index contributed by atoms with van der Waals surface area (Å²) >= 11 is 0. The maximum Gasteiger partial charge on any atom is 0.422 e. The molecule has 0 aliphatic heterocycles. The molecule has 2 fully saturated rings. The molecule has 3 rings (SSSR count). The number of ether oxygens (including phenoxy) is 1. The fourth-order valence-electron chi connectivity index (χ4n) is 3.17. The minimum absolute atomic E-state index is 0.0771. The first-order valence-corrected chi connectivity index (χ1v) is 7.97. The smallest absolute Gasteiger partial charge is 0.422 e. The summed E-state index contributed by atoms with van der Waals surface area (Å²) in [6, 6.07) is 0. The highest BCUT2D eigenvalue weighted by Crippen LogP contribution is 2.46. The third-order valence-electron chi connectivity index (χ3n) is 4.42. The summed E-state index contributed by atoms with van der Waals surface area (Å²) < 4.78 is 69.8. The van der Waals surface area contributed by atoms with Crippen molar-refractivity contribution in [2.45, 2.75) is 56.7 Å². The fraction of sp³-hybridized carbons (Fsp3) is 0.733. The second kappa shape index (κ2) is 6.14. The van der Waals surface area contributed by atoms with Gasteiger partial charge in [-0.05, 0) is 25.2 Å². The number of hydrogen-bond acceptors (Lipinski definition) is 3. The van der Waals surface area contributed by atoms with Crippen LogP contribution in [0.1, 0.15) is 54.2 Å². The Labute approximate surface area is 139 Å². The first kappa shape index (κ1) is 17.9. The number of aromatic carboxylic acids is 1. The number of aromatic nitrogens is 2. The van der Waals surface area contributed by atoms with E-state index in [4.69, 9.17) is 4.74 Å². The van der Waals surface area contributed by atoms with E-state index in [1.54, 1.807) is 0 Å². The molecule has 1 heterocycles. The largest absolute Gasteiger partial charge is 0.480 e. The second-order valence-electron chi connectivity index (χ2n) is 6.69. The van der Waals surface area contributed by atoms with Crippen LogP contribution in [0, 0.1) is 5.92 Å². The van der Waals surface area contributed by atoms with Crippen molar-refractivity contribution in [3.8, 4) is 5.75 Å². The molecule has 1 N–H and O–H groups in total. The maximum atomic E-state index is 13.3. The molecule has 0 aromatic carbocycles. The van der Waals surface area contributed by atoms with Crippen LogP contribution in [0.15, 0.2) is 0 Å². The van der Waals surface area contributed by atoms with Crippen LogP contribution in [0.3, 0.4) is 0 Å². The van der Waals surface area contributed by atoms with E-state index in [1.165, 1.54) is 0 Å². The van der Waals surface area contributed by atoms with Gasteiger partial charge in [-0.3, -0.25) is 4.68 Å². The van der Waals surface area contributed by atoms with Gasteiger partial charge in [-0.15, -0.1) is 0 Å². The topological polar surface area (TPSA) is 64.3 Å². The van der Waals surface area contributed by atoms with Gasteiger partial charge in [0.25, 0.3) is 0 Å². The lowest BCUT2D eigenvalue weighted by Gasteiger charge is -2.13. The summed E-state index contributed by atoms with van der Waals surface area (Å²) in [5, 5.41) is 13.5. The molecule has 1 atom stereocenters. The van der Waals surface area contributed by atoms with Crippen LogP contribution >= 0.6 is 0 Å². The lowest BCUT2D eigenvalue weighted by Crippen LogP contribution is -2.21. The van der Waals surface area contributed by atoms with E-state index >= 15 is 0 Å². The van der Waals surface area contributed by atoms with Crippen LogP contribution in [0.4, 0.5) is 22.0 Å². The zero-order chi connectivity index (χ0) is 18.4. The van der Waals surface area contributed by atoms with Gasteiger partial charge in [0.1, 0.15) is 5.69 Å². The van der Waals surface area contributed by atoms with Crippen LogP contribution in [-0.4, -0.2) is 39.6 Å². The molecular formula is C15H17F5N2O3. The summed E-state index contributed by atoms with van der Waals surface area (Å²) in [6.07, 6.45) is -3.72. The standard InChI is InChI=1S/C15H17F5N2O3/c16-14(17)4-3-8(5-14)6-22-11(13(23)24)12(25-7-15(18,19)20)10(21-22)9-1-2-9/h8-9H,1-7H2,(H,23,24). The highest BCUT2D eigenvalue weighted by atomic mass is 19.4. The molecule has 140 valence electrons. The van der Waals surface area contributed by atoms with E-state index < -0.39 is 42.0 Å². The quantitative estimate of drug-likeness (QED) is 0.775. The summed E-state index contributed by atoms with van der Waals surface area (Å²) in [5.41, 5.74) is -0.326. The van der Waals surface area contributed by atoms with E-state index in [0.717, 1.165) is 4.68 Å². The summed E-state index contributed by atoms with van der Waals surface area (Å²) in [5.74, 6) is -5.29. The Bertz CT molecular complexity index is 667. The molecule has 0 radical (unpaired) electrons. The Morgan fingerprint density at radius 2 is 2.00 bits per heavy atom. The van der Waals surface area contributed by atoms with Crippen LogP contribution in [0.5, 0.6) is 5.75 Å². The maximum absolute atomic E-state index is 13.3. The number of carboxylic acids is 1. The molecule has 0 spiro atoms. The van der Waals surface area contributed by atoms with Crippen molar-refractivity contribution >= 4 is 5.97 Å². The minimum atomic E-state index is -4.62. The van der Waals surface area contributed by atoms with Crippen molar-refractivity contribution in [2.75, 3.05) is 6.61 Å². The Morgan fingerprint density at radius 1 is 1.32 bits per heavy atom. The van der Waals surface area contributed by atoms with Gasteiger partial charge >= 0.3 is 12.1 Å². The van der Waals surface area contributed by atoms with Crippen molar-refractivity contribution in [3.63, 3.8) is 0 Å². The molecular weight excluding hydrogens is 351 g/mol. The number of carbonyl (C=O) groups is 1. The third kappa shape index (κ3) is 4.21. The van der Waals surface area contributed by atoms with Crippen molar-refractivity contribution in [2.24, 2.45) is 5.92 Å². The predicted octanol–water partition coefficient (Wildman–Crippen LogP) is 3.84. The summed E-state index contributed by atoms with van der Waals surface area (Å²) in [4.78, 5) is 11.6. The predicted molar refractivity (Wildman–Crippen MR) is 75.0 cm³/mol. The molecule has 2 aliphatic carbocycles. The second-order valence-corrected chi connectivity index (χ2v) is 6.69. The van der Waals surface area contributed by atoms with Gasteiger partial charge in [0.2, 0.25) is 5.92 Å². The third-order valence-corrected chi connectivity index (χ3v) is 4.42. The average molecular weight is 368 g/mol. The van der Waals surface area contributed by atoms with Gasteiger partial charge < -0.3 is 9.84 Å². The fourth-order valence-corrected chi connectivity index (χ4v) is 3.17. The van der Waals surface area contributed by atoms with Gasteiger partial charge in [-0.1, -0.05) is 0 Å². The van der Waals surface area contributed by atoms with E-state index in [-0.39, 0.29) is 37.4 Å². The van der Waals surface area contributed by atoms with Crippen LogP contribution in [0.2, 0.25) is 0 Å². The molecule has 10 heteroatoms. The van der Waals surface area contributed by atoms with Crippen LogP contribution < -0.4 is 4.74 Å². The molecule has 0 saturated heterocycles. The number of rotatable bonds is 6. The Morgan fingerprint density at radius 3 is 2.48 bits per heavy atom. The van der Waals surface area contributed by atoms with Gasteiger partial charge in [0, 0.05) is 25.3 Å². The van der Waals surface area contributed by atoms with E-state index in [1.807, 2.05) is 0 Å². The Hall–Kier alpha value is -1.87. The summed E-state index contributed by atoms with van der Waals surface area (Å²) in [6.45, 7) is -1.70. The molecule has 2 aliphatic rings. The molecule has 1 unspecified atom stereocenters. The molecule has 25 heavy (non-hydrogen) atoms. The number of alkyl halides is 5. The molecule has 1 aromatic heterocycles. The SMILES string of the molecule is O=C(O)c1c(OCC(F)(F)F)c(C2CC2)nn1CC1CCC(F)(F)C1. The van der Waals surface area contributed by atoms with E-state index in [9.17, 15) is 31.9 Å². The minimum Gasteiger partial charge on any atom is -0.480 e. The zero-order valence-electron chi connectivity index (χ0n) is 13.2. The Kier molecular flexibility index (Phi) is 4.40. The van der Waals surface area contributed by atoms with Gasteiger partial charge in [-0.25, -0.2) is 13.6 Å². The average Bonchev–Trinajstić information content (AvgIpc) is 3.16. The van der Waals surface area contributed by atoms with Gasteiger partial charge in [0.05, 0.1) is 0 Å². The van der Waals surface area contributed by atoms with Crippen LogP contribution in [0.25, 0.3) is 0 Å². The number of halogens is 5. The molecule has 1 aromatic rings.